The number of sulfonamides is 1. The number of benzene rings is 2. The molecule has 0 atom stereocenters. The Bertz CT molecular complexity index is 763. The lowest BCUT2D eigenvalue weighted by Gasteiger charge is -2.09. The van der Waals surface area contributed by atoms with Crippen molar-refractivity contribution in [2.24, 2.45) is 0 Å². The van der Waals surface area contributed by atoms with Crippen LogP contribution in [0.25, 0.3) is 0 Å². The average molecular weight is 307 g/mol. The third-order valence-corrected chi connectivity index (χ3v) is 4.26. The molecule has 0 bridgehead atoms. The van der Waals surface area contributed by atoms with E-state index in [-0.39, 0.29) is 16.4 Å². The number of ketones is 1. The lowest BCUT2D eigenvalue weighted by molar-refractivity contribution is 0.101. The second kappa shape index (κ2) is 5.65. The molecule has 0 saturated carbocycles. The van der Waals surface area contributed by atoms with Crippen molar-refractivity contribution < 1.29 is 17.6 Å². The van der Waals surface area contributed by atoms with Gasteiger partial charge in [-0.25, -0.2) is 12.8 Å². The second-order valence-electron chi connectivity index (χ2n) is 4.70. The maximum Gasteiger partial charge on any atom is 0.261 e. The van der Waals surface area contributed by atoms with E-state index >= 15 is 0 Å². The van der Waals surface area contributed by atoms with Crippen LogP contribution < -0.4 is 4.72 Å². The predicted octanol–water partition coefficient (Wildman–Crippen LogP) is 3.14. The van der Waals surface area contributed by atoms with E-state index in [2.05, 4.69) is 4.72 Å². The molecule has 2 aromatic carbocycles. The zero-order valence-electron chi connectivity index (χ0n) is 11.6. The summed E-state index contributed by atoms with van der Waals surface area (Å²) in [6, 6.07) is 9.50. The third-order valence-electron chi connectivity index (χ3n) is 2.87. The van der Waals surface area contributed by atoms with Crippen molar-refractivity contribution in [2.45, 2.75) is 18.7 Å². The van der Waals surface area contributed by atoms with Gasteiger partial charge in [0.25, 0.3) is 10.0 Å². The van der Waals surface area contributed by atoms with Crippen LogP contribution in [0.15, 0.2) is 47.4 Å². The van der Waals surface area contributed by atoms with E-state index in [1.165, 1.54) is 43.3 Å². The number of rotatable bonds is 4. The minimum atomic E-state index is -3.82. The minimum Gasteiger partial charge on any atom is -0.295 e. The Morgan fingerprint density at radius 2 is 1.71 bits per heavy atom. The number of carbonyl (C=O) groups excluding carboxylic acids is 1. The van der Waals surface area contributed by atoms with Crippen LogP contribution >= 0.6 is 0 Å². The van der Waals surface area contributed by atoms with Crippen LogP contribution in [-0.2, 0) is 10.0 Å². The first-order valence-corrected chi connectivity index (χ1v) is 7.67. The van der Waals surface area contributed by atoms with E-state index in [1.807, 2.05) is 0 Å². The van der Waals surface area contributed by atoms with Crippen molar-refractivity contribution in [2.75, 3.05) is 4.72 Å². The van der Waals surface area contributed by atoms with Crippen molar-refractivity contribution in [1.29, 1.82) is 0 Å². The highest BCUT2D eigenvalue weighted by molar-refractivity contribution is 7.92. The molecule has 0 aliphatic rings. The first-order valence-electron chi connectivity index (χ1n) is 6.19. The standard InChI is InChI=1S/C15H14FNO3S/c1-10-7-13(16)9-14(8-10)17-21(19,20)15-5-3-12(4-6-15)11(2)18/h3-9,17H,1-2H3. The Labute approximate surface area is 122 Å². The molecule has 0 aliphatic heterocycles. The van der Waals surface area contributed by atoms with Crippen molar-refractivity contribution >= 4 is 21.5 Å². The summed E-state index contributed by atoms with van der Waals surface area (Å²) in [4.78, 5) is 11.2. The van der Waals surface area contributed by atoms with E-state index in [0.717, 1.165) is 6.07 Å². The number of carbonyl (C=O) groups is 1. The fourth-order valence-corrected chi connectivity index (χ4v) is 2.92. The number of hydrogen-bond donors (Lipinski definition) is 1. The summed E-state index contributed by atoms with van der Waals surface area (Å²) in [5, 5.41) is 0. The molecule has 2 rings (SSSR count). The van der Waals surface area contributed by atoms with Crippen molar-refractivity contribution in [3.63, 3.8) is 0 Å². The van der Waals surface area contributed by atoms with Crippen LogP contribution in [0.1, 0.15) is 22.8 Å². The molecule has 1 N–H and O–H groups in total. The summed E-state index contributed by atoms with van der Waals surface area (Å²) in [7, 11) is -3.82. The molecule has 0 heterocycles. The van der Waals surface area contributed by atoms with E-state index in [4.69, 9.17) is 0 Å². The van der Waals surface area contributed by atoms with Gasteiger partial charge in [0.2, 0.25) is 0 Å². The molecular weight excluding hydrogens is 293 g/mol. The summed E-state index contributed by atoms with van der Waals surface area (Å²) in [6.07, 6.45) is 0. The monoisotopic (exact) mass is 307 g/mol. The van der Waals surface area contributed by atoms with Gasteiger partial charge in [-0.3, -0.25) is 9.52 Å². The van der Waals surface area contributed by atoms with Gasteiger partial charge in [-0.1, -0.05) is 12.1 Å². The predicted molar refractivity (Wildman–Crippen MR) is 78.4 cm³/mol. The smallest absolute Gasteiger partial charge is 0.261 e. The number of aryl methyl sites for hydroxylation is 1. The maximum atomic E-state index is 13.3. The van der Waals surface area contributed by atoms with Crippen LogP contribution in [0.5, 0.6) is 0 Å². The highest BCUT2D eigenvalue weighted by Gasteiger charge is 2.15. The van der Waals surface area contributed by atoms with Crippen LogP contribution in [0.4, 0.5) is 10.1 Å². The molecule has 2 aromatic rings. The fourth-order valence-electron chi connectivity index (χ4n) is 1.88. The lowest BCUT2D eigenvalue weighted by Crippen LogP contribution is -2.13. The highest BCUT2D eigenvalue weighted by atomic mass is 32.2. The molecular formula is C15H14FNO3S. The molecule has 110 valence electrons. The molecule has 4 nitrogen and oxygen atoms in total. The molecule has 0 unspecified atom stereocenters. The number of nitrogens with one attached hydrogen (secondary N) is 1. The molecule has 0 radical (unpaired) electrons. The Kier molecular flexibility index (Phi) is 4.09. The van der Waals surface area contributed by atoms with Crippen LogP contribution in [0, 0.1) is 12.7 Å². The van der Waals surface area contributed by atoms with Gasteiger partial charge in [0.05, 0.1) is 10.6 Å². The molecule has 0 spiro atoms. The van der Waals surface area contributed by atoms with Crippen molar-refractivity contribution in [1.82, 2.24) is 0 Å². The number of hydrogen-bond acceptors (Lipinski definition) is 3. The van der Waals surface area contributed by atoms with Gasteiger partial charge in [0.1, 0.15) is 5.82 Å². The zero-order valence-corrected chi connectivity index (χ0v) is 12.4. The molecule has 0 aliphatic carbocycles. The van der Waals surface area contributed by atoms with Crippen molar-refractivity contribution in [3.8, 4) is 0 Å². The Morgan fingerprint density at radius 1 is 1.10 bits per heavy atom. The van der Waals surface area contributed by atoms with E-state index in [0.29, 0.717) is 11.1 Å². The normalized spacial score (nSPS) is 11.2. The Balaban J connectivity index is 2.31. The minimum absolute atomic E-state index is 0.00872. The fraction of sp³-hybridized carbons (Fsp3) is 0.133. The first kappa shape index (κ1) is 15.2. The van der Waals surface area contributed by atoms with Crippen LogP contribution in [0.2, 0.25) is 0 Å². The molecule has 0 amide bonds. The van der Waals surface area contributed by atoms with Gasteiger partial charge in [0.15, 0.2) is 5.78 Å². The molecule has 0 fully saturated rings. The second-order valence-corrected chi connectivity index (χ2v) is 6.39. The van der Waals surface area contributed by atoms with Gasteiger partial charge in [0, 0.05) is 5.56 Å². The highest BCUT2D eigenvalue weighted by Crippen LogP contribution is 2.19. The summed E-state index contributed by atoms with van der Waals surface area (Å²) in [5.41, 5.74) is 1.19. The summed E-state index contributed by atoms with van der Waals surface area (Å²) in [6.45, 7) is 3.07. The first-order chi connectivity index (χ1) is 9.78. The van der Waals surface area contributed by atoms with Crippen molar-refractivity contribution in [3.05, 3.63) is 59.4 Å². The van der Waals surface area contributed by atoms with Gasteiger partial charge in [-0.2, -0.15) is 0 Å². The summed E-state index contributed by atoms with van der Waals surface area (Å²) in [5.74, 6) is -0.660. The molecule has 21 heavy (non-hydrogen) atoms. The SMILES string of the molecule is CC(=O)c1ccc(S(=O)(=O)Nc2cc(C)cc(F)c2)cc1. The van der Waals surface area contributed by atoms with Gasteiger partial charge >= 0.3 is 0 Å². The van der Waals surface area contributed by atoms with E-state index in [1.54, 1.807) is 6.92 Å². The van der Waals surface area contributed by atoms with Crippen LogP contribution in [-0.4, -0.2) is 14.2 Å². The summed E-state index contributed by atoms with van der Waals surface area (Å²) >= 11 is 0. The largest absolute Gasteiger partial charge is 0.295 e. The maximum absolute atomic E-state index is 13.3. The van der Waals surface area contributed by atoms with E-state index < -0.39 is 15.8 Å². The zero-order chi connectivity index (χ0) is 15.6. The van der Waals surface area contributed by atoms with Gasteiger partial charge in [-0.15, -0.1) is 0 Å². The number of anilines is 1. The number of halogens is 1. The molecule has 0 saturated heterocycles. The molecule has 6 heteroatoms. The van der Waals surface area contributed by atoms with Gasteiger partial charge < -0.3 is 0 Å². The van der Waals surface area contributed by atoms with Gasteiger partial charge in [-0.05, 0) is 49.7 Å². The third kappa shape index (κ3) is 3.66. The Morgan fingerprint density at radius 3 is 2.24 bits per heavy atom. The Hall–Kier alpha value is -2.21. The number of Topliss-reactive ketones (excluding diaryl/α,β-unsaturated/α-hetero) is 1. The lowest BCUT2D eigenvalue weighted by atomic mass is 10.2. The van der Waals surface area contributed by atoms with E-state index in [9.17, 15) is 17.6 Å². The van der Waals surface area contributed by atoms with Crippen LogP contribution in [0.3, 0.4) is 0 Å². The quantitative estimate of drug-likeness (QED) is 0.883. The average Bonchev–Trinajstić information content (AvgIpc) is 2.37. The molecule has 0 aromatic heterocycles. The topological polar surface area (TPSA) is 63.2 Å². The summed E-state index contributed by atoms with van der Waals surface area (Å²) < 4.78 is 40.0.